The molecule has 2 aliphatic carbocycles. The van der Waals surface area contributed by atoms with E-state index in [0.717, 1.165) is 0 Å². The molecule has 10 heteroatoms. The van der Waals surface area contributed by atoms with Crippen LogP contribution in [0.3, 0.4) is 0 Å². The number of halogens is 4. The van der Waals surface area contributed by atoms with Crippen molar-refractivity contribution in [3.05, 3.63) is 0 Å². The average molecular weight is 398 g/mol. The van der Waals surface area contributed by atoms with Crippen LogP contribution in [0.5, 0.6) is 0 Å². The third kappa shape index (κ3) is 3.75. The van der Waals surface area contributed by atoms with Crippen LogP contribution in [0, 0.1) is 17.3 Å². The van der Waals surface area contributed by atoms with E-state index in [-0.39, 0.29) is 24.7 Å². The Bertz CT molecular complexity index is 633. The molecule has 0 aromatic heterocycles. The van der Waals surface area contributed by atoms with Crippen molar-refractivity contribution in [1.82, 2.24) is 0 Å². The van der Waals surface area contributed by atoms with Crippen molar-refractivity contribution in [3.8, 4) is 0 Å². The van der Waals surface area contributed by atoms with Gasteiger partial charge < -0.3 is 14.6 Å². The molecular formula is C17H22F4O6. The van der Waals surface area contributed by atoms with Crippen molar-refractivity contribution in [2.75, 3.05) is 0 Å². The molecule has 0 aromatic carbocycles. The second-order valence-corrected chi connectivity index (χ2v) is 7.81. The van der Waals surface area contributed by atoms with Gasteiger partial charge in [0.15, 0.2) is 0 Å². The fourth-order valence-corrected chi connectivity index (χ4v) is 3.37. The Hall–Kier alpha value is -1.87. The second kappa shape index (κ2) is 6.94. The molecule has 2 saturated carbocycles. The number of carbonyl (C=O) groups is 3. The molecule has 0 aromatic rings. The quantitative estimate of drug-likeness (QED) is 0.524. The first-order valence-electron chi connectivity index (χ1n) is 8.65. The maximum Gasteiger partial charge on any atom is 0.415 e. The highest BCUT2D eigenvalue weighted by molar-refractivity contribution is 5.89. The van der Waals surface area contributed by atoms with Crippen LogP contribution in [-0.2, 0) is 23.9 Å². The van der Waals surface area contributed by atoms with E-state index in [0.29, 0.717) is 12.8 Å². The number of carboxylic acids is 1. The molecule has 2 fully saturated rings. The summed E-state index contributed by atoms with van der Waals surface area (Å²) in [6.45, 7) is 5.31. The molecule has 2 bridgehead atoms. The fourth-order valence-electron chi connectivity index (χ4n) is 3.37. The number of aliphatic carboxylic acids is 1. The largest absolute Gasteiger partial charge is 0.477 e. The topological polar surface area (TPSA) is 89.9 Å². The molecule has 0 saturated heterocycles. The van der Waals surface area contributed by atoms with Crippen molar-refractivity contribution in [3.63, 3.8) is 0 Å². The second-order valence-electron chi connectivity index (χ2n) is 7.81. The zero-order chi connectivity index (χ0) is 20.8. The molecule has 0 spiro atoms. The van der Waals surface area contributed by atoms with Gasteiger partial charge in [-0.15, -0.1) is 0 Å². The number of carbonyl (C=O) groups excluding carboxylic acids is 2. The highest BCUT2D eigenvalue weighted by atomic mass is 19.3. The van der Waals surface area contributed by atoms with Crippen molar-refractivity contribution >= 4 is 17.9 Å². The lowest BCUT2D eigenvalue weighted by atomic mass is 9.90. The summed E-state index contributed by atoms with van der Waals surface area (Å²) in [6, 6.07) is 0. The number of rotatable bonds is 7. The van der Waals surface area contributed by atoms with Crippen LogP contribution >= 0.6 is 0 Å². The number of ether oxygens (including phenoxy) is 2. The number of hydrogen-bond donors (Lipinski definition) is 1. The summed E-state index contributed by atoms with van der Waals surface area (Å²) in [5, 5.41) is 8.21. The average Bonchev–Trinajstić information content (AvgIpc) is 3.13. The molecule has 154 valence electrons. The van der Waals surface area contributed by atoms with E-state index < -0.39 is 47.3 Å². The van der Waals surface area contributed by atoms with Gasteiger partial charge in [0.25, 0.3) is 0 Å². The van der Waals surface area contributed by atoms with Crippen molar-refractivity contribution in [2.45, 2.75) is 70.5 Å². The Labute approximate surface area is 153 Å². The molecule has 0 heterocycles. The molecule has 2 aliphatic rings. The first-order valence-corrected chi connectivity index (χ1v) is 8.65. The molecule has 4 atom stereocenters. The first kappa shape index (κ1) is 21.4. The molecular weight excluding hydrogens is 376 g/mol. The lowest BCUT2D eigenvalue weighted by molar-refractivity contribution is -0.238. The minimum Gasteiger partial charge on any atom is -0.477 e. The fraction of sp³-hybridized carbons (Fsp3) is 0.824. The summed E-state index contributed by atoms with van der Waals surface area (Å²) in [6.07, 6.45) is -0.0929. The van der Waals surface area contributed by atoms with E-state index in [2.05, 4.69) is 4.74 Å². The van der Waals surface area contributed by atoms with E-state index in [9.17, 15) is 31.9 Å². The van der Waals surface area contributed by atoms with Crippen LogP contribution in [0.25, 0.3) is 0 Å². The predicted octanol–water partition coefficient (Wildman–Crippen LogP) is 3.03. The summed E-state index contributed by atoms with van der Waals surface area (Å²) in [5.41, 5.74) is -0.668. The summed E-state index contributed by atoms with van der Waals surface area (Å²) >= 11 is 0. The molecule has 27 heavy (non-hydrogen) atoms. The Morgan fingerprint density at radius 1 is 0.889 bits per heavy atom. The number of fused-ring (bicyclic) bond motifs is 2. The van der Waals surface area contributed by atoms with E-state index in [4.69, 9.17) is 9.84 Å². The van der Waals surface area contributed by atoms with Gasteiger partial charge in [0, 0.05) is 0 Å². The van der Waals surface area contributed by atoms with Gasteiger partial charge in [0.05, 0.1) is 5.41 Å². The monoisotopic (exact) mass is 398 g/mol. The Kier molecular flexibility index (Phi) is 5.51. The van der Waals surface area contributed by atoms with Crippen molar-refractivity contribution < 1.29 is 46.5 Å². The van der Waals surface area contributed by atoms with Crippen LogP contribution < -0.4 is 0 Å². The van der Waals surface area contributed by atoms with Gasteiger partial charge in [-0.05, 0) is 51.4 Å². The molecule has 2 rings (SSSR count). The third-order valence-corrected chi connectivity index (χ3v) is 5.60. The summed E-state index contributed by atoms with van der Waals surface area (Å²) in [7, 11) is 0. The van der Waals surface area contributed by atoms with Crippen LogP contribution in [0.2, 0.25) is 0 Å². The van der Waals surface area contributed by atoms with E-state index in [1.807, 2.05) is 6.92 Å². The van der Waals surface area contributed by atoms with Crippen LogP contribution in [-0.4, -0.2) is 47.1 Å². The lowest BCUT2D eigenvalue weighted by Crippen LogP contribution is -2.54. The minimum absolute atomic E-state index is 0.0929. The standard InChI is InChI=1S/C17H22F4O6/c1-4-15(2,3)13(24)26-10-6-9-5-8(10)7-11(9)27-14(25)17(20,21)16(18,19)12(22)23/h8-11H,4-7H2,1-3H3,(H,22,23). The highest BCUT2D eigenvalue weighted by Gasteiger charge is 2.69. The Balaban J connectivity index is 1.96. The normalized spacial score (nSPS) is 28.1. The summed E-state index contributed by atoms with van der Waals surface area (Å²) < 4.78 is 63.1. The van der Waals surface area contributed by atoms with E-state index in [1.165, 1.54) is 0 Å². The van der Waals surface area contributed by atoms with Gasteiger partial charge in [0.2, 0.25) is 0 Å². The van der Waals surface area contributed by atoms with E-state index >= 15 is 0 Å². The van der Waals surface area contributed by atoms with Crippen molar-refractivity contribution in [1.29, 1.82) is 0 Å². The molecule has 1 N–H and O–H groups in total. The van der Waals surface area contributed by atoms with E-state index in [1.54, 1.807) is 13.8 Å². The maximum absolute atomic E-state index is 13.5. The molecule has 4 unspecified atom stereocenters. The highest BCUT2D eigenvalue weighted by Crippen LogP contribution is 2.49. The van der Waals surface area contributed by atoms with Gasteiger partial charge in [-0.25, -0.2) is 9.59 Å². The number of hydrogen-bond acceptors (Lipinski definition) is 5. The van der Waals surface area contributed by atoms with Gasteiger partial charge in [-0.3, -0.25) is 4.79 Å². The third-order valence-electron chi connectivity index (χ3n) is 5.60. The van der Waals surface area contributed by atoms with Gasteiger partial charge in [-0.2, -0.15) is 17.6 Å². The maximum atomic E-state index is 13.5. The Morgan fingerprint density at radius 2 is 1.33 bits per heavy atom. The van der Waals surface area contributed by atoms with Crippen molar-refractivity contribution in [2.24, 2.45) is 17.3 Å². The molecule has 6 nitrogen and oxygen atoms in total. The SMILES string of the molecule is CCC(C)(C)C(=O)OC1CC2CC1CC2OC(=O)C(F)(F)C(F)(F)C(=O)O. The van der Waals surface area contributed by atoms with Crippen LogP contribution in [0.15, 0.2) is 0 Å². The molecule has 0 aliphatic heterocycles. The zero-order valence-corrected chi connectivity index (χ0v) is 15.1. The lowest BCUT2D eigenvalue weighted by Gasteiger charge is -2.31. The van der Waals surface area contributed by atoms with Gasteiger partial charge >= 0.3 is 29.8 Å². The predicted molar refractivity (Wildman–Crippen MR) is 82.2 cm³/mol. The molecule has 0 amide bonds. The first-order chi connectivity index (χ1) is 12.2. The number of esters is 2. The van der Waals surface area contributed by atoms with Crippen LogP contribution in [0.1, 0.15) is 46.5 Å². The van der Waals surface area contributed by atoms with Gasteiger partial charge in [0.1, 0.15) is 12.2 Å². The van der Waals surface area contributed by atoms with Crippen LogP contribution in [0.4, 0.5) is 17.6 Å². The summed E-state index contributed by atoms with van der Waals surface area (Å²) in [5.74, 6) is -17.7. The Morgan fingerprint density at radius 3 is 1.70 bits per heavy atom. The summed E-state index contributed by atoms with van der Waals surface area (Å²) in [4.78, 5) is 33.9. The smallest absolute Gasteiger partial charge is 0.415 e. The minimum atomic E-state index is -5.56. The number of alkyl halides is 4. The number of carboxylic acid groups (broad SMARTS) is 1. The molecule has 0 radical (unpaired) electrons. The zero-order valence-electron chi connectivity index (χ0n) is 15.1. The van der Waals surface area contributed by atoms with Gasteiger partial charge in [-0.1, -0.05) is 6.92 Å².